The number of aromatic nitrogens is 2. The van der Waals surface area contributed by atoms with Gasteiger partial charge in [0.15, 0.2) is 5.82 Å². The average molecular weight is 321 g/mol. The predicted octanol–water partition coefficient (Wildman–Crippen LogP) is 2.32. The van der Waals surface area contributed by atoms with E-state index in [2.05, 4.69) is 10.1 Å². The van der Waals surface area contributed by atoms with E-state index >= 15 is 0 Å². The third-order valence-electron chi connectivity index (χ3n) is 5.01. The first-order chi connectivity index (χ1) is 11.1. The van der Waals surface area contributed by atoms with Crippen molar-refractivity contribution in [2.45, 2.75) is 57.9 Å². The van der Waals surface area contributed by atoms with Crippen LogP contribution in [0.4, 0.5) is 0 Å². The van der Waals surface area contributed by atoms with Crippen molar-refractivity contribution in [2.24, 2.45) is 11.8 Å². The highest BCUT2D eigenvalue weighted by Crippen LogP contribution is 2.36. The molecule has 2 fully saturated rings. The van der Waals surface area contributed by atoms with Crippen molar-refractivity contribution in [1.29, 1.82) is 0 Å². The largest absolute Gasteiger partial charge is 0.481 e. The Hall–Kier alpha value is -1.92. The number of hydrogen-bond acceptors (Lipinski definition) is 5. The minimum absolute atomic E-state index is 0.0577. The summed E-state index contributed by atoms with van der Waals surface area (Å²) < 4.78 is 5.27. The van der Waals surface area contributed by atoms with Crippen LogP contribution in [0.5, 0.6) is 0 Å². The van der Waals surface area contributed by atoms with Gasteiger partial charge in [-0.2, -0.15) is 4.98 Å². The zero-order valence-corrected chi connectivity index (χ0v) is 13.4. The summed E-state index contributed by atoms with van der Waals surface area (Å²) in [7, 11) is 0. The molecule has 1 amide bonds. The molecule has 3 rings (SSSR count). The van der Waals surface area contributed by atoms with Crippen LogP contribution in [0.3, 0.4) is 0 Å². The average Bonchev–Trinajstić information content (AvgIpc) is 3.00. The molecule has 23 heavy (non-hydrogen) atoms. The Balaban J connectivity index is 1.81. The van der Waals surface area contributed by atoms with Gasteiger partial charge in [0.25, 0.3) is 0 Å². The van der Waals surface area contributed by atoms with Crippen LogP contribution in [0, 0.1) is 18.8 Å². The third kappa shape index (κ3) is 3.23. The van der Waals surface area contributed by atoms with Crippen LogP contribution >= 0.6 is 0 Å². The fraction of sp³-hybridized carbons (Fsp3) is 0.750. The summed E-state index contributed by atoms with van der Waals surface area (Å²) in [6.07, 6.45) is 5.76. The molecule has 1 aliphatic heterocycles. The summed E-state index contributed by atoms with van der Waals surface area (Å²) in [5, 5.41) is 13.3. The van der Waals surface area contributed by atoms with Gasteiger partial charge < -0.3 is 14.5 Å². The van der Waals surface area contributed by atoms with Gasteiger partial charge >= 0.3 is 5.97 Å². The molecule has 1 N–H and O–H groups in total. The lowest BCUT2D eigenvalue weighted by Gasteiger charge is -2.38. The lowest BCUT2D eigenvalue weighted by molar-refractivity contribution is -0.154. The van der Waals surface area contributed by atoms with Crippen molar-refractivity contribution < 1.29 is 19.2 Å². The van der Waals surface area contributed by atoms with E-state index in [1.165, 1.54) is 0 Å². The van der Waals surface area contributed by atoms with Crippen LogP contribution in [0.15, 0.2) is 4.52 Å². The van der Waals surface area contributed by atoms with Gasteiger partial charge in [-0.05, 0) is 39.0 Å². The van der Waals surface area contributed by atoms with Crippen LogP contribution in [-0.4, -0.2) is 38.6 Å². The number of nitrogens with zero attached hydrogens (tertiary/aromatic N) is 3. The quantitative estimate of drug-likeness (QED) is 0.917. The number of carboxylic acids is 1. The molecule has 2 heterocycles. The van der Waals surface area contributed by atoms with E-state index < -0.39 is 17.8 Å². The van der Waals surface area contributed by atoms with Crippen molar-refractivity contribution >= 4 is 11.9 Å². The molecule has 0 unspecified atom stereocenters. The van der Waals surface area contributed by atoms with Gasteiger partial charge in [0.2, 0.25) is 11.8 Å². The van der Waals surface area contributed by atoms with Crippen molar-refractivity contribution in [2.75, 3.05) is 6.54 Å². The van der Waals surface area contributed by atoms with E-state index in [4.69, 9.17) is 4.52 Å². The summed E-state index contributed by atoms with van der Waals surface area (Å²) in [5.41, 5.74) is 0. The van der Waals surface area contributed by atoms with E-state index in [-0.39, 0.29) is 11.9 Å². The third-order valence-corrected chi connectivity index (χ3v) is 5.01. The first-order valence-corrected chi connectivity index (χ1v) is 8.41. The summed E-state index contributed by atoms with van der Waals surface area (Å²) in [4.78, 5) is 30.6. The Kier molecular flexibility index (Phi) is 4.63. The molecule has 3 atom stereocenters. The Morgan fingerprint density at radius 3 is 2.48 bits per heavy atom. The van der Waals surface area contributed by atoms with Crippen molar-refractivity contribution in [3.8, 4) is 0 Å². The molecule has 0 radical (unpaired) electrons. The second-order valence-electron chi connectivity index (χ2n) is 6.56. The predicted molar refractivity (Wildman–Crippen MR) is 80.4 cm³/mol. The Bertz CT molecular complexity index is 586. The SMILES string of the molecule is Cc1noc([C@@H]2CCCCN2C(=O)[C@H]2CCCC[C@H]2C(=O)O)n1. The number of amides is 1. The van der Waals surface area contributed by atoms with Crippen LogP contribution in [-0.2, 0) is 9.59 Å². The maximum Gasteiger partial charge on any atom is 0.307 e. The van der Waals surface area contributed by atoms with Gasteiger partial charge in [-0.1, -0.05) is 18.0 Å². The second kappa shape index (κ2) is 6.68. The lowest BCUT2D eigenvalue weighted by Crippen LogP contribution is -2.46. The van der Waals surface area contributed by atoms with E-state index in [9.17, 15) is 14.7 Å². The lowest BCUT2D eigenvalue weighted by atomic mass is 9.78. The molecule has 0 aromatic carbocycles. The standard InChI is InChI=1S/C16H23N3O4/c1-10-17-14(23-18-10)13-8-4-5-9-19(13)15(20)11-6-2-3-7-12(11)16(21)22/h11-13H,2-9H2,1H3,(H,21,22)/t11-,12+,13-/m0/s1. The normalized spacial score (nSPS) is 28.6. The maximum atomic E-state index is 13.0. The molecule has 1 aromatic rings. The fourth-order valence-electron chi connectivity index (χ4n) is 3.84. The molecule has 7 heteroatoms. The number of likely N-dealkylation sites (tertiary alicyclic amines) is 1. The zero-order valence-electron chi connectivity index (χ0n) is 13.4. The zero-order chi connectivity index (χ0) is 16.4. The maximum absolute atomic E-state index is 13.0. The van der Waals surface area contributed by atoms with Gasteiger partial charge in [-0.15, -0.1) is 0 Å². The topological polar surface area (TPSA) is 96.5 Å². The second-order valence-corrected chi connectivity index (χ2v) is 6.56. The number of hydrogen-bond donors (Lipinski definition) is 1. The minimum Gasteiger partial charge on any atom is -0.481 e. The summed E-state index contributed by atoms with van der Waals surface area (Å²) >= 11 is 0. The molecule has 1 saturated heterocycles. The van der Waals surface area contributed by atoms with Gasteiger partial charge in [0.05, 0.1) is 11.8 Å². The molecule has 1 saturated carbocycles. The highest BCUT2D eigenvalue weighted by molar-refractivity contribution is 5.85. The first-order valence-electron chi connectivity index (χ1n) is 8.41. The first kappa shape index (κ1) is 16.0. The molecular formula is C16H23N3O4. The molecule has 1 aliphatic carbocycles. The Labute approximate surface area is 135 Å². The number of aryl methyl sites for hydroxylation is 1. The molecular weight excluding hydrogens is 298 g/mol. The Morgan fingerprint density at radius 1 is 1.13 bits per heavy atom. The van der Waals surface area contributed by atoms with Crippen LogP contribution in [0.1, 0.15) is 62.7 Å². The van der Waals surface area contributed by atoms with Crippen molar-refractivity contribution in [3.05, 3.63) is 11.7 Å². The highest BCUT2D eigenvalue weighted by Gasteiger charge is 2.41. The van der Waals surface area contributed by atoms with E-state index in [1.54, 1.807) is 11.8 Å². The van der Waals surface area contributed by atoms with Crippen LogP contribution < -0.4 is 0 Å². The fourth-order valence-corrected chi connectivity index (χ4v) is 3.84. The molecule has 2 aliphatic rings. The number of piperidine rings is 1. The number of carbonyl (C=O) groups excluding carboxylic acids is 1. The van der Waals surface area contributed by atoms with E-state index in [0.717, 1.165) is 32.1 Å². The molecule has 1 aromatic heterocycles. The Morgan fingerprint density at radius 2 is 1.83 bits per heavy atom. The summed E-state index contributed by atoms with van der Waals surface area (Å²) in [6, 6.07) is -0.214. The minimum atomic E-state index is -0.856. The van der Waals surface area contributed by atoms with E-state index in [0.29, 0.717) is 31.1 Å². The number of aliphatic carboxylic acids is 1. The number of carbonyl (C=O) groups is 2. The smallest absolute Gasteiger partial charge is 0.307 e. The number of rotatable bonds is 3. The highest BCUT2D eigenvalue weighted by atomic mass is 16.5. The van der Waals surface area contributed by atoms with Gasteiger partial charge in [-0.3, -0.25) is 9.59 Å². The molecule has 0 spiro atoms. The van der Waals surface area contributed by atoms with Gasteiger partial charge in [-0.25, -0.2) is 0 Å². The van der Waals surface area contributed by atoms with Gasteiger partial charge in [0.1, 0.15) is 6.04 Å². The van der Waals surface area contributed by atoms with Gasteiger partial charge in [0, 0.05) is 6.54 Å². The summed E-state index contributed by atoms with van der Waals surface area (Å²) in [5.74, 6) is -0.880. The molecule has 0 bridgehead atoms. The van der Waals surface area contributed by atoms with Crippen LogP contribution in [0.2, 0.25) is 0 Å². The van der Waals surface area contributed by atoms with Crippen molar-refractivity contribution in [3.63, 3.8) is 0 Å². The van der Waals surface area contributed by atoms with E-state index in [1.807, 2.05) is 0 Å². The number of carboxylic acid groups (broad SMARTS) is 1. The van der Waals surface area contributed by atoms with Crippen molar-refractivity contribution in [1.82, 2.24) is 15.0 Å². The summed E-state index contributed by atoms with van der Waals surface area (Å²) in [6.45, 7) is 2.39. The molecule has 7 nitrogen and oxygen atoms in total. The molecule has 126 valence electrons. The monoisotopic (exact) mass is 321 g/mol. The van der Waals surface area contributed by atoms with Crippen LogP contribution in [0.25, 0.3) is 0 Å².